The van der Waals surface area contributed by atoms with Gasteiger partial charge in [-0.05, 0) is 17.7 Å². The first-order valence-corrected chi connectivity index (χ1v) is 8.00. The van der Waals surface area contributed by atoms with E-state index in [0.29, 0.717) is 5.56 Å². The number of benzene rings is 1. The Morgan fingerprint density at radius 2 is 1.64 bits per heavy atom. The Hall–Kier alpha value is -2.30. The number of aliphatic carboxylic acids is 1. The van der Waals surface area contributed by atoms with Crippen molar-refractivity contribution in [3.63, 3.8) is 0 Å². The van der Waals surface area contributed by atoms with Crippen molar-refractivity contribution >= 4 is 30.4 Å². The number of nitrogens with two attached hydrogens (primary N) is 1. The van der Waals surface area contributed by atoms with Crippen LogP contribution in [0.2, 0.25) is 0 Å². The van der Waals surface area contributed by atoms with Crippen molar-refractivity contribution < 1.29 is 29.7 Å². The normalized spacial score (nSPS) is 14.2. The number of carbonyl (C=O) groups excluding carboxylic acids is 2. The summed E-state index contributed by atoms with van der Waals surface area (Å²) >= 11 is 3.91. The number of phenolic OH excluding ortho intramolecular Hbond substituents is 1. The molecular weight excluding hydrogens is 350 g/mol. The molecule has 0 radical (unpaired) electrons. The Balaban J connectivity index is 2.92. The van der Waals surface area contributed by atoms with Crippen LogP contribution < -0.4 is 16.4 Å². The van der Waals surface area contributed by atoms with Crippen LogP contribution in [0.1, 0.15) is 5.56 Å². The smallest absolute Gasteiger partial charge is 0.328 e. The monoisotopic (exact) mass is 371 g/mol. The van der Waals surface area contributed by atoms with Gasteiger partial charge in [0.1, 0.15) is 17.8 Å². The van der Waals surface area contributed by atoms with E-state index in [1.165, 1.54) is 12.1 Å². The number of aliphatic hydroxyl groups excluding tert-OH is 1. The minimum absolute atomic E-state index is 0.0366. The number of amides is 2. The number of hydrogen-bond donors (Lipinski definition) is 7. The van der Waals surface area contributed by atoms with E-state index < -0.39 is 42.5 Å². The van der Waals surface area contributed by atoms with E-state index in [9.17, 15) is 19.5 Å². The zero-order valence-electron chi connectivity index (χ0n) is 13.3. The zero-order valence-corrected chi connectivity index (χ0v) is 14.1. The van der Waals surface area contributed by atoms with E-state index in [2.05, 4.69) is 23.3 Å². The van der Waals surface area contributed by atoms with Crippen molar-refractivity contribution in [1.82, 2.24) is 10.6 Å². The SMILES string of the molecule is NC(CS)C(=O)NC(Cc1ccc(O)cc1)C(=O)NC(CO)C(=O)O. The minimum atomic E-state index is -1.50. The second kappa shape index (κ2) is 9.87. The average Bonchev–Trinajstić information content (AvgIpc) is 2.59. The van der Waals surface area contributed by atoms with Crippen LogP contribution in [0, 0.1) is 0 Å². The predicted molar refractivity (Wildman–Crippen MR) is 92.2 cm³/mol. The molecule has 138 valence electrons. The Kier molecular flexibility index (Phi) is 8.19. The third kappa shape index (κ3) is 6.61. The summed E-state index contributed by atoms with van der Waals surface area (Å²) in [5.74, 6) is -2.71. The highest BCUT2D eigenvalue weighted by Gasteiger charge is 2.27. The molecule has 25 heavy (non-hydrogen) atoms. The molecule has 1 rings (SSSR count). The minimum Gasteiger partial charge on any atom is -0.508 e. The van der Waals surface area contributed by atoms with Gasteiger partial charge in [0, 0.05) is 12.2 Å². The molecule has 0 saturated carbocycles. The number of aliphatic hydroxyl groups is 1. The molecule has 0 bridgehead atoms. The maximum absolute atomic E-state index is 12.3. The second-order valence-corrected chi connectivity index (χ2v) is 5.67. The first kappa shape index (κ1) is 20.7. The van der Waals surface area contributed by atoms with Gasteiger partial charge in [-0.1, -0.05) is 12.1 Å². The lowest BCUT2D eigenvalue weighted by Crippen LogP contribution is -2.56. The number of aromatic hydroxyl groups is 1. The zero-order chi connectivity index (χ0) is 19.0. The summed E-state index contributed by atoms with van der Waals surface area (Å²) in [5.41, 5.74) is 6.19. The number of hydrogen-bond acceptors (Lipinski definition) is 7. The highest BCUT2D eigenvalue weighted by molar-refractivity contribution is 7.80. The third-order valence-corrected chi connectivity index (χ3v) is 3.73. The molecular formula is C15H21N3O6S. The molecule has 0 aliphatic carbocycles. The first-order valence-electron chi connectivity index (χ1n) is 7.37. The van der Waals surface area contributed by atoms with Gasteiger partial charge >= 0.3 is 5.97 Å². The largest absolute Gasteiger partial charge is 0.508 e. The average molecular weight is 371 g/mol. The summed E-state index contributed by atoms with van der Waals surface area (Å²) in [4.78, 5) is 35.2. The predicted octanol–water partition coefficient (Wildman–Crippen LogP) is -1.76. The fraction of sp³-hybridized carbons (Fsp3) is 0.400. The molecule has 3 unspecified atom stereocenters. The topological polar surface area (TPSA) is 162 Å². The summed E-state index contributed by atoms with van der Waals surface area (Å²) in [7, 11) is 0. The van der Waals surface area contributed by atoms with Crippen LogP contribution in [-0.2, 0) is 20.8 Å². The molecule has 0 aromatic heterocycles. The van der Waals surface area contributed by atoms with Crippen molar-refractivity contribution in [1.29, 1.82) is 0 Å². The van der Waals surface area contributed by atoms with E-state index in [0.717, 1.165) is 0 Å². The van der Waals surface area contributed by atoms with E-state index >= 15 is 0 Å². The van der Waals surface area contributed by atoms with Gasteiger partial charge in [0.25, 0.3) is 0 Å². The lowest BCUT2D eigenvalue weighted by atomic mass is 10.0. The first-order chi connectivity index (χ1) is 11.8. The molecule has 0 heterocycles. The maximum atomic E-state index is 12.3. The quantitative estimate of drug-likeness (QED) is 0.253. The fourth-order valence-corrected chi connectivity index (χ4v) is 2.06. The van der Waals surface area contributed by atoms with Crippen LogP contribution in [0.4, 0.5) is 0 Å². The molecule has 0 spiro atoms. The molecule has 0 saturated heterocycles. The molecule has 0 aliphatic rings. The summed E-state index contributed by atoms with van der Waals surface area (Å²) in [6, 6.07) is 2.40. The van der Waals surface area contributed by atoms with Crippen molar-refractivity contribution in [2.75, 3.05) is 12.4 Å². The molecule has 0 aliphatic heterocycles. The van der Waals surface area contributed by atoms with Gasteiger partial charge in [0.2, 0.25) is 11.8 Å². The number of carboxylic acid groups (broad SMARTS) is 1. The second-order valence-electron chi connectivity index (χ2n) is 5.30. The van der Waals surface area contributed by atoms with Crippen molar-refractivity contribution in [3.8, 4) is 5.75 Å². The Morgan fingerprint density at radius 1 is 1.08 bits per heavy atom. The molecule has 2 amide bonds. The summed E-state index contributed by atoms with van der Waals surface area (Å²) in [6.07, 6.45) is 0.0366. The van der Waals surface area contributed by atoms with Crippen LogP contribution in [0.3, 0.4) is 0 Å². The standard InChI is InChI=1S/C15H21N3O6S/c16-10(7-25)13(21)17-11(5-8-1-3-9(20)4-2-8)14(22)18-12(6-19)15(23)24/h1-4,10-12,19-20,25H,5-7,16H2,(H,17,21)(H,18,22)(H,23,24). The van der Waals surface area contributed by atoms with Crippen molar-refractivity contribution in [2.24, 2.45) is 5.73 Å². The van der Waals surface area contributed by atoms with Gasteiger partial charge in [-0.2, -0.15) is 12.6 Å². The van der Waals surface area contributed by atoms with Gasteiger partial charge in [0.15, 0.2) is 0 Å². The van der Waals surface area contributed by atoms with Gasteiger partial charge < -0.3 is 31.7 Å². The van der Waals surface area contributed by atoms with Crippen LogP contribution in [0.5, 0.6) is 5.75 Å². The van der Waals surface area contributed by atoms with Crippen molar-refractivity contribution in [2.45, 2.75) is 24.5 Å². The molecule has 1 aromatic rings. The number of carboxylic acids is 1. The number of rotatable bonds is 9. The lowest BCUT2D eigenvalue weighted by molar-refractivity contribution is -0.143. The van der Waals surface area contributed by atoms with Gasteiger partial charge in [0.05, 0.1) is 12.6 Å². The van der Waals surface area contributed by atoms with E-state index in [1.807, 2.05) is 0 Å². The number of thiol groups is 1. The lowest BCUT2D eigenvalue weighted by Gasteiger charge is -2.22. The van der Waals surface area contributed by atoms with Gasteiger partial charge in [-0.3, -0.25) is 9.59 Å². The number of phenols is 1. The van der Waals surface area contributed by atoms with Gasteiger partial charge in [-0.15, -0.1) is 0 Å². The van der Waals surface area contributed by atoms with E-state index in [1.54, 1.807) is 12.1 Å². The Morgan fingerprint density at radius 3 is 2.12 bits per heavy atom. The van der Waals surface area contributed by atoms with Crippen LogP contribution in [0.25, 0.3) is 0 Å². The number of carbonyl (C=O) groups is 3. The van der Waals surface area contributed by atoms with Gasteiger partial charge in [-0.25, -0.2) is 4.79 Å². The Bertz CT molecular complexity index is 610. The third-order valence-electron chi connectivity index (χ3n) is 3.34. The number of nitrogens with one attached hydrogen (secondary N) is 2. The summed E-state index contributed by atoms with van der Waals surface area (Å²) < 4.78 is 0. The van der Waals surface area contributed by atoms with Crippen LogP contribution in [0.15, 0.2) is 24.3 Å². The van der Waals surface area contributed by atoms with Crippen molar-refractivity contribution in [3.05, 3.63) is 29.8 Å². The molecule has 10 heteroatoms. The fourth-order valence-electron chi connectivity index (χ4n) is 1.90. The van der Waals surface area contributed by atoms with E-state index in [-0.39, 0.29) is 17.9 Å². The van der Waals surface area contributed by atoms with Crippen LogP contribution >= 0.6 is 12.6 Å². The Labute approximate surface area is 149 Å². The molecule has 1 aromatic carbocycles. The highest BCUT2D eigenvalue weighted by atomic mass is 32.1. The molecule has 9 nitrogen and oxygen atoms in total. The van der Waals surface area contributed by atoms with Crippen LogP contribution in [-0.4, -0.2) is 63.6 Å². The maximum Gasteiger partial charge on any atom is 0.328 e. The molecule has 3 atom stereocenters. The molecule has 7 N–H and O–H groups in total. The van der Waals surface area contributed by atoms with E-state index in [4.69, 9.17) is 15.9 Å². The summed E-state index contributed by atoms with van der Waals surface area (Å²) in [6.45, 7) is -0.795. The molecule has 0 fully saturated rings. The highest BCUT2D eigenvalue weighted by Crippen LogP contribution is 2.11. The summed E-state index contributed by atoms with van der Waals surface area (Å²) in [5, 5.41) is 31.8.